The molecule has 4 heteroatoms. The standard InChI is InChI=1S/C15H26N2O2/c1-8(2)16-14(18)12-10-5-6-11(7-10)13(12)15(19)17-9(3)4/h8-13H,5-7H2,1-4H3,(H,16,18)(H,17,19)/t10-,11+,12-,13+. The van der Waals surface area contributed by atoms with E-state index in [1.54, 1.807) is 0 Å². The van der Waals surface area contributed by atoms with Crippen molar-refractivity contribution in [2.75, 3.05) is 0 Å². The number of hydrogen-bond acceptors (Lipinski definition) is 2. The molecule has 108 valence electrons. The molecule has 4 atom stereocenters. The van der Waals surface area contributed by atoms with Crippen LogP contribution in [0, 0.1) is 23.7 Å². The lowest BCUT2D eigenvalue weighted by Crippen LogP contribution is -2.47. The van der Waals surface area contributed by atoms with E-state index in [1.807, 2.05) is 27.7 Å². The summed E-state index contributed by atoms with van der Waals surface area (Å²) in [6.45, 7) is 7.87. The molecule has 2 rings (SSSR count). The Kier molecular flexibility index (Phi) is 4.16. The van der Waals surface area contributed by atoms with Gasteiger partial charge in [-0.3, -0.25) is 9.59 Å². The molecule has 0 aromatic carbocycles. The second-order valence-electron chi connectivity index (χ2n) is 6.71. The molecular weight excluding hydrogens is 240 g/mol. The summed E-state index contributed by atoms with van der Waals surface area (Å²) in [6, 6.07) is 0.279. The summed E-state index contributed by atoms with van der Waals surface area (Å²) in [6.07, 6.45) is 3.25. The van der Waals surface area contributed by atoms with Gasteiger partial charge in [-0.15, -0.1) is 0 Å². The molecule has 0 aromatic rings. The third-order valence-corrected chi connectivity index (χ3v) is 4.38. The van der Waals surface area contributed by atoms with Crippen LogP contribution < -0.4 is 10.6 Å². The summed E-state index contributed by atoms with van der Waals surface area (Å²) in [5.41, 5.74) is 0. The van der Waals surface area contributed by atoms with E-state index in [0.29, 0.717) is 11.8 Å². The molecule has 2 aliphatic rings. The van der Waals surface area contributed by atoms with E-state index in [0.717, 1.165) is 19.3 Å². The lowest BCUT2D eigenvalue weighted by atomic mass is 9.78. The fourth-order valence-electron chi connectivity index (χ4n) is 3.81. The topological polar surface area (TPSA) is 58.2 Å². The molecule has 2 amide bonds. The van der Waals surface area contributed by atoms with Crippen molar-refractivity contribution in [2.45, 2.75) is 59.0 Å². The van der Waals surface area contributed by atoms with Crippen LogP contribution in [-0.2, 0) is 9.59 Å². The molecule has 0 saturated heterocycles. The van der Waals surface area contributed by atoms with Gasteiger partial charge in [0.1, 0.15) is 0 Å². The SMILES string of the molecule is CC(C)NC(=O)[C@@H]1[C@@H]2CC[C@@H](C2)[C@@H]1C(=O)NC(C)C. The lowest BCUT2D eigenvalue weighted by Gasteiger charge is -2.30. The minimum Gasteiger partial charge on any atom is -0.354 e. The molecule has 0 spiro atoms. The average molecular weight is 266 g/mol. The van der Waals surface area contributed by atoms with Crippen LogP contribution in [0.15, 0.2) is 0 Å². The van der Waals surface area contributed by atoms with E-state index >= 15 is 0 Å². The van der Waals surface area contributed by atoms with E-state index in [4.69, 9.17) is 0 Å². The van der Waals surface area contributed by atoms with E-state index in [9.17, 15) is 9.59 Å². The predicted molar refractivity (Wildman–Crippen MR) is 74.4 cm³/mol. The first kappa shape index (κ1) is 14.4. The second-order valence-corrected chi connectivity index (χ2v) is 6.71. The highest BCUT2D eigenvalue weighted by atomic mass is 16.2. The van der Waals surface area contributed by atoms with Gasteiger partial charge in [-0.1, -0.05) is 0 Å². The van der Waals surface area contributed by atoms with Crippen LogP contribution >= 0.6 is 0 Å². The Morgan fingerprint density at radius 3 is 1.53 bits per heavy atom. The predicted octanol–water partition coefficient (Wildman–Crippen LogP) is 1.70. The van der Waals surface area contributed by atoms with E-state index in [1.165, 1.54) is 0 Å². The monoisotopic (exact) mass is 266 g/mol. The maximum absolute atomic E-state index is 12.4. The van der Waals surface area contributed by atoms with Gasteiger partial charge in [0, 0.05) is 12.1 Å². The molecule has 2 bridgehead atoms. The van der Waals surface area contributed by atoms with E-state index in [-0.39, 0.29) is 35.7 Å². The Bertz CT molecular complexity index is 331. The van der Waals surface area contributed by atoms with Crippen molar-refractivity contribution in [3.8, 4) is 0 Å². The van der Waals surface area contributed by atoms with E-state index < -0.39 is 0 Å². The quantitative estimate of drug-likeness (QED) is 0.813. The first-order chi connectivity index (χ1) is 8.90. The lowest BCUT2D eigenvalue weighted by molar-refractivity contribution is -0.137. The molecule has 4 nitrogen and oxygen atoms in total. The average Bonchev–Trinajstić information content (AvgIpc) is 2.85. The highest BCUT2D eigenvalue weighted by Crippen LogP contribution is 2.52. The van der Waals surface area contributed by atoms with Gasteiger partial charge in [-0.2, -0.15) is 0 Å². The normalized spacial score (nSPS) is 32.9. The number of hydrogen-bond donors (Lipinski definition) is 2. The highest BCUT2D eigenvalue weighted by molar-refractivity contribution is 5.89. The van der Waals surface area contributed by atoms with Crippen molar-refractivity contribution >= 4 is 11.8 Å². The third kappa shape index (κ3) is 2.93. The maximum Gasteiger partial charge on any atom is 0.224 e. The third-order valence-electron chi connectivity index (χ3n) is 4.38. The molecule has 0 aromatic heterocycles. The Labute approximate surface area is 115 Å². The summed E-state index contributed by atoms with van der Waals surface area (Å²) >= 11 is 0. The van der Waals surface area contributed by atoms with Crippen LogP contribution in [0.25, 0.3) is 0 Å². The molecule has 2 fully saturated rings. The zero-order chi connectivity index (χ0) is 14.2. The van der Waals surface area contributed by atoms with Crippen molar-refractivity contribution in [2.24, 2.45) is 23.7 Å². The number of carbonyl (C=O) groups excluding carboxylic acids is 2. The molecule has 0 unspecified atom stereocenters. The van der Waals surface area contributed by atoms with Crippen molar-refractivity contribution < 1.29 is 9.59 Å². The minimum absolute atomic E-state index is 0.0751. The molecule has 2 N–H and O–H groups in total. The molecule has 0 aliphatic heterocycles. The first-order valence-corrected chi connectivity index (χ1v) is 7.51. The van der Waals surface area contributed by atoms with Crippen molar-refractivity contribution in [1.82, 2.24) is 10.6 Å². The van der Waals surface area contributed by atoms with Crippen LogP contribution in [0.3, 0.4) is 0 Å². The van der Waals surface area contributed by atoms with Gasteiger partial charge in [0.25, 0.3) is 0 Å². The van der Waals surface area contributed by atoms with Gasteiger partial charge < -0.3 is 10.6 Å². The Morgan fingerprint density at radius 1 is 0.842 bits per heavy atom. The van der Waals surface area contributed by atoms with Crippen molar-refractivity contribution in [3.63, 3.8) is 0 Å². The summed E-state index contributed by atoms with van der Waals surface area (Å²) in [5.74, 6) is 0.746. The minimum atomic E-state index is -0.111. The zero-order valence-electron chi connectivity index (χ0n) is 12.4. The maximum atomic E-state index is 12.4. The molecule has 19 heavy (non-hydrogen) atoms. The van der Waals surface area contributed by atoms with Crippen molar-refractivity contribution in [1.29, 1.82) is 0 Å². The fourth-order valence-corrected chi connectivity index (χ4v) is 3.81. The van der Waals surface area contributed by atoms with Crippen LogP contribution in [0.4, 0.5) is 0 Å². The number of nitrogens with one attached hydrogen (secondary N) is 2. The summed E-state index contributed by atoms with van der Waals surface area (Å²) < 4.78 is 0. The van der Waals surface area contributed by atoms with Gasteiger partial charge in [0.2, 0.25) is 11.8 Å². The van der Waals surface area contributed by atoms with Gasteiger partial charge in [0.05, 0.1) is 11.8 Å². The van der Waals surface area contributed by atoms with E-state index in [2.05, 4.69) is 10.6 Å². The molecular formula is C15H26N2O2. The summed E-state index contributed by atoms with van der Waals surface area (Å²) in [7, 11) is 0. The van der Waals surface area contributed by atoms with Gasteiger partial charge in [-0.25, -0.2) is 0 Å². The Hall–Kier alpha value is -1.06. The van der Waals surface area contributed by atoms with Crippen LogP contribution in [0.1, 0.15) is 47.0 Å². The van der Waals surface area contributed by atoms with Crippen LogP contribution in [0.2, 0.25) is 0 Å². The zero-order valence-corrected chi connectivity index (χ0v) is 12.4. The molecule has 2 aliphatic carbocycles. The largest absolute Gasteiger partial charge is 0.354 e. The number of amides is 2. The Balaban J connectivity index is 2.10. The number of carbonyl (C=O) groups is 2. The number of fused-ring (bicyclic) bond motifs is 2. The van der Waals surface area contributed by atoms with Crippen LogP contribution in [0.5, 0.6) is 0 Å². The molecule has 0 radical (unpaired) electrons. The summed E-state index contributed by atoms with van der Waals surface area (Å²) in [5, 5.41) is 5.98. The smallest absolute Gasteiger partial charge is 0.224 e. The van der Waals surface area contributed by atoms with Gasteiger partial charge in [-0.05, 0) is 58.8 Å². The molecule has 0 heterocycles. The van der Waals surface area contributed by atoms with Gasteiger partial charge >= 0.3 is 0 Å². The van der Waals surface area contributed by atoms with Crippen LogP contribution in [-0.4, -0.2) is 23.9 Å². The van der Waals surface area contributed by atoms with Crippen molar-refractivity contribution in [3.05, 3.63) is 0 Å². The highest BCUT2D eigenvalue weighted by Gasteiger charge is 2.53. The fraction of sp³-hybridized carbons (Fsp3) is 0.867. The second kappa shape index (κ2) is 5.51. The number of rotatable bonds is 4. The van der Waals surface area contributed by atoms with Gasteiger partial charge in [0.15, 0.2) is 0 Å². The molecule has 2 saturated carbocycles. The first-order valence-electron chi connectivity index (χ1n) is 7.51. The Morgan fingerprint density at radius 2 is 1.21 bits per heavy atom. The summed E-state index contributed by atoms with van der Waals surface area (Å²) in [4.78, 5) is 24.7.